The van der Waals surface area contributed by atoms with Gasteiger partial charge in [0.15, 0.2) is 0 Å². The number of hydrogen-bond acceptors (Lipinski definition) is 5. The highest BCUT2D eigenvalue weighted by atomic mass is 32.2. The summed E-state index contributed by atoms with van der Waals surface area (Å²) in [6.07, 6.45) is 0.638. The summed E-state index contributed by atoms with van der Waals surface area (Å²) in [5, 5.41) is 2.90. The molecule has 1 fully saturated rings. The van der Waals surface area contributed by atoms with Gasteiger partial charge in [-0.05, 0) is 38.5 Å². The molecule has 9 heteroatoms. The number of sulfonamides is 1. The number of nitrogens with zero attached hydrogens (tertiary/aromatic N) is 4. The largest absolute Gasteiger partial charge is 0.350 e. The van der Waals surface area contributed by atoms with E-state index in [1.54, 1.807) is 4.31 Å². The molecule has 1 N–H and O–H groups in total. The van der Waals surface area contributed by atoms with Gasteiger partial charge in [-0.3, -0.25) is 9.69 Å². The molecular weight excluding hydrogens is 390 g/mol. The van der Waals surface area contributed by atoms with Crippen LogP contribution in [0, 0.1) is 0 Å². The van der Waals surface area contributed by atoms with E-state index in [1.165, 1.54) is 0 Å². The number of fused-ring (bicyclic) bond motifs is 1. The van der Waals surface area contributed by atoms with E-state index in [-0.39, 0.29) is 17.7 Å². The monoisotopic (exact) mass is 421 g/mol. The molecule has 0 saturated carbocycles. The van der Waals surface area contributed by atoms with E-state index in [0.717, 1.165) is 16.9 Å². The lowest BCUT2D eigenvalue weighted by atomic mass is 10.2. The molecule has 0 unspecified atom stereocenters. The van der Waals surface area contributed by atoms with Gasteiger partial charge in [-0.15, -0.1) is 0 Å². The third-order valence-electron chi connectivity index (χ3n) is 5.21. The number of piperazine rings is 1. The van der Waals surface area contributed by atoms with Crippen molar-refractivity contribution < 1.29 is 13.2 Å². The Bertz CT molecular complexity index is 975. The lowest BCUT2D eigenvalue weighted by Crippen LogP contribution is -2.49. The van der Waals surface area contributed by atoms with Crippen molar-refractivity contribution in [3.63, 3.8) is 0 Å². The van der Waals surface area contributed by atoms with Crippen molar-refractivity contribution in [3.05, 3.63) is 29.6 Å². The summed E-state index contributed by atoms with van der Waals surface area (Å²) >= 11 is 0. The molecule has 1 aliphatic heterocycles. The summed E-state index contributed by atoms with van der Waals surface area (Å²) in [5.74, 6) is 1.02. The summed E-state index contributed by atoms with van der Waals surface area (Å²) < 4.78 is 28.1. The normalized spacial score (nSPS) is 16.6. The third kappa shape index (κ3) is 4.96. The van der Waals surface area contributed by atoms with Gasteiger partial charge in [-0.2, -0.15) is 4.31 Å². The highest BCUT2D eigenvalue weighted by molar-refractivity contribution is 7.89. The highest BCUT2D eigenvalue weighted by Crippen LogP contribution is 2.19. The predicted octanol–water partition coefficient (Wildman–Crippen LogP) is 1.57. The second-order valence-corrected chi connectivity index (χ2v) is 10.00. The van der Waals surface area contributed by atoms with Crippen molar-refractivity contribution in [1.82, 2.24) is 24.1 Å². The van der Waals surface area contributed by atoms with Crippen LogP contribution >= 0.6 is 0 Å². The molecule has 1 aromatic heterocycles. The lowest BCUT2D eigenvalue weighted by Gasteiger charge is -2.33. The van der Waals surface area contributed by atoms with Crippen LogP contribution in [-0.4, -0.2) is 71.1 Å². The summed E-state index contributed by atoms with van der Waals surface area (Å²) in [6, 6.07) is 5.66. The Morgan fingerprint density at radius 1 is 1.21 bits per heavy atom. The van der Waals surface area contributed by atoms with Gasteiger partial charge in [-0.1, -0.05) is 6.92 Å². The fraction of sp³-hybridized carbons (Fsp3) is 0.600. The summed E-state index contributed by atoms with van der Waals surface area (Å²) in [5.41, 5.74) is 2.37. The van der Waals surface area contributed by atoms with Gasteiger partial charge >= 0.3 is 0 Å². The van der Waals surface area contributed by atoms with E-state index in [9.17, 15) is 13.2 Å². The van der Waals surface area contributed by atoms with Crippen molar-refractivity contribution >= 4 is 27.0 Å². The highest BCUT2D eigenvalue weighted by Gasteiger charge is 2.26. The van der Waals surface area contributed by atoms with E-state index < -0.39 is 10.0 Å². The van der Waals surface area contributed by atoms with E-state index in [4.69, 9.17) is 4.98 Å². The fourth-order valence-electron chi connectivity index (χ4n) is 3.63. The molecule has 1 aromatic carbocycles. The van der Waals surface area contributed by atoms with Crippen LogP contribution in [0.3, 0.4) is 0 Å². The topological polar surface area (TPSA) is 87.5 Å². The second-order valence-electron chi connectivity index (χ2n) is 7.91. The Morgan fingerprint density at radius 2 is 1.90 bits per heavy atom. The van der Waals surface area contributed by atoms with Crippen molar-refractivity contribution in [1.29, 1.82) is 0 Å². The number of amides is 1. The maximum atomic E-state index is 12.3. The molecule has 1 saturated heterocycles. The zero-order chi connectivity index (χ0) is 21.2. The van der Waals surface area contributed by atoms with Crippen molar-refractivity contribution in [2.45, 2.75) is 39.8 Å². The number of rotatable bonds is 7. The number of benzene rings is 1. The quantitative estimate of drug-likeness (QED) is 0.733. The van der Waals surface area contributed by atoms with Crippen LogP contribution in [0.25, 0.3) is 11.0 Å². The standard InChI is InChI=1S/C20H31N5O3S/c1-5-12-29(27,28)25-10-8-24(9-11-25)14-19-22-17-13-16(20(26)21-15(2)3)6-7-18(17)23(19)4/h6-7,13,15H,5,8-12,14H2,1-4H3,(H,21,26). The maximum absolute atomic E-state index is 12.3. The van der Waals surface area contributed by atoms with Gasteiger partial charge in [0.25, 0.3) is 5.91 Å². The third-order valence-corrected chi connectivity index (χ3v) is 7.28. The summed E-state index contributed by atoms with van der Waals surface area (Å²) in [7, 11) is -1.16. The van der Waals surface area contributed by atoms with Crippen LogP contribution in [0.15, 0.2) is 18.2 Å². The van der Waals surface area contributed by atoms with Crippen LogP contribution in [0.4, 0.5) is 0 Å². The first-order chi connectivity index (χ1) is 13.7. The number of carbonyl (C=O) groups is 1. The number of carbonyl (C=O) groups excluding carboxylic acids is 1. The maximum Gasteiger partial charge on any atom is 0.251 e. The molecule has 0 radical (unpaired) electrons. The Balaban J connectivity index is 1.70. The van der Waals surface area contributed by atoms with E-state index >= 15 is 0 Å². The Morgan fingerprint density at radius 3 is 2.52 bits per heavy atom. The van der Waals surface area contributed by atoms with Crippen molar-refractivity contribution in [2.24, 2.45) is 7.05 Å². The smallest absolute Gasteiger partial charge is 0.251 e. The molecule has 1 amide bonds. The predicted molar refractivity (Wildman–Crippen MR) is 114 cm³/mol. The Hall–Kier alpha value is -1.97. The number of imidazole rings is 1. The average molecular weight is 422 g/mol. The number of aryl methyl sites for hydroxylation is 1. The number of aromatic nitrogens is 2. The van der Waals surface area contributed by atoms with Crippen LogP contribution in [-0.2, 0) is 23.6 Å². The first kappa shape index (κ1) is 21.7. The molecule has 8 nitrogen and oxygen atoms in total. The van der Waals surface area contributed by atoms with Crippen LogP contribution < -0.4 is 5.32 Å². The van der Waals surface area contributed by atoms with Gasteiger partial charge in [0.1, 0.15) is 5.82 Å². The average Bonchev–Trinajstić information content (AvgIpc) is 2.96. The Kier molecular flexibility index (Phi) is 6.60. The van der Waals surface area contributed by atoms with Crippen molar-refractivity contribution in [3.8, 4) is 0 Å². The molecule has 0 aliphatic carbocycles. The van der Waals surface area contributed by atoms with Crippen molar-refractivity contribution in [2.75, 3.05) is 31.9 Å². The molecule has 3 rings (SSSR count). The minimum Gasteiger partial charge on any atom is -0.350 e. The molecular formula is C20H31N5O3S. The molecule has 2 aromatic rings. The van der Waals surface area contributed by atoms with Crippen LogP contribution in [0.1, 0.15) is 43.4 Å². The van der Waals surface area contributed by atoms with Gasteiger partial charge < -0.3 is 9.88 Å². The molecule has 0 bridgehead atoms. The molecule has 0 spiro atoms. The lowest BCUT2D eigenvalue weighted by molar-refractivity contribution is 0.0943. The molecule has 0 atom stereocenters. The van der Waals surface area contributed by atoms with Gasteiger partial charge in [0, 0.05) is 44.8 Å². The molecule has 1 aliphatic rings. The SMILES string of the molecule is CCCS(=O)(=O)N1CCN(Cc2nc3cc(C(=O)NC(C)C)ccc3n2C)CC1. The zero-order valence-corrected chi connectivity index (χ0v) is 18.5. The molecule has 29 heavy (non-hydrogen) atoms. The van der Waals surface area contributed by atoms with Crippen LogP contribution in [0.2, 0.25) is 0 Å². The molecule has 160 valence electrons. The van der Waals surface area contributed by atoms with E-state index in [2.05, 4.69) is 10.2 Å². The number of nitrogens with one attached hydrogen (secondary N) is 1. The van der Waals surface area contributed by atoms with Gasteiger partial charge in [-0.25, -0.2) is 13.4 Å². The molecule has 2 heterocycles. The zero-order valence-electron chi connectivity index (χ0n) is 17.7. The van der Waals surface area contributed by atoms with Gasteiger partial charge in [0.2, 0.25) is 10.0 Å². The Labute approximate surface area is 172 Å². The first-order valence-electron chi connectivity index (χ1n) is 10.2. The first-order valence-corrected chi connectivity index (χ1v) is 11.8. The van der Waals surface area contributed by atoms with E-state index in [1.807, 2.05) is 50.6 Å². The minimum absolute atomic E-state index is 0.0808. The summed E-state index contributed by atoms with van der Waals surface area (Å²) in [6.45, 7) is 8.82. The van der Waals surface area contributed by atoms with Gasteiger partial charge in [0.05, 0.1) is 23.3 Å². The fourth-order valence-corrected chi connectivity index (χ4v) is 5.12. The van der Waals surface area contributed by atoms with E-state index in [0.29, 0.717) is 44.7 Å². The van der Waals surface area contributed by atoms with Crippen LogP contribution in [0.5, 0.6) is 0 Å². The number of hydrogen-bond donors (Lipinski definition) is 1. The second kappa shape index (κ2) is 8.81. The minimum atomic E-state index is -3.13. The summed E-state index contributed by atoms with van der Waals surface area (Å²) in [4.78, 5) is 19.2.